The fourth-order valence-electron chi connectivity index (χ4n) is 3.49. The predicted molar refractivity (Wildman–Crippen MR) is 114 cm³/mol. The van der Waals surface area contributed by atoms with Gasteiger partial charge in [-0.05, 0) is 18.6 Å². The fraction of sp³-hybridized carbons (Fsp3) is 0.182. The molecule has 0 amide bonds. The summed E-state index contributed by atoms with van der Waals surface area (Å²) < 4.78 is 8.11. The van der Waals surface area contributed by atoms with Crippen LogP contribution in [0.25, 0.3) is 11.3 Å². The number of ether oxygens (including phenoxy) is 1. The maximum atomic E-state index is 6.36. The van der Waals surface area contributed by atoms with E-state index < -0.39 is 0 Å². The third-order valence-corrected chi connectivity index (χ3v) is 5.49. The minimum absolute atomic E-state index is 0.472. The van der Waals surface area contributed by atoms with Crippen LogP contribution in [0.15, 0.2) is 54.6 Å². The average Bonchev–Trinajstić information content (AvgIpc) is 3.27. The van der Waals surface area contributed by atoms with Crippen LogP contribution in [0.2, 0.25) is 5.02 Å². The molecule has 4 aromatic rings. The van der Waals surface area contributed by atoms with Gasteiger partial charge < -0.3 is 10.1 Å². The van der Waals surface area contributed by atoms with Crippen LogP contribution in [0.3, 0.4) is 0 Å². The lowest BCUT2D eigenvalue weighted by molar-refractivity contribution is 0.302. The van der Waals surface area contributed by atoms with Crippen LogP contribution in [-0.2, 0) is 19.6 Å². The van der Waals surface area contributed by atoms with E-state index in [2.05, 4.69) is 39.8 Å². The molecule has 7 heteroatoms. The van der Waals surface area contributed by atoms with Gasteiger partial charge >= 0.3 is 0 Å². The molecule has 29 heavy (non-hydrogen) atoms. The van der Waals surface area contributed by atoms with Gasteiger partial charge in [-0.2, -0.15) is 10.2 Å². The molecule has 2 aromatic heterocycles. The Kier molecular flexibility index (Phi) is 4.48. The van der Waals surface area contributed by atoms with E-state index in [1.807, 2.05) is 41.9 Å². The first kappa shape index (κ1) is 17.8. The van der Waals surface area contributed by atoms with Crippen molar-refractivity contribution < 1.29 is 4.74 Å². The summed E-state index contributed by atoms with van der Waals surface area (Å²) in [6.45, 7) is 3.17. The molecule has 3 heterocycles. The Morgan fingerprint density at radius 1 is 1.17 bits per heavy atom. The predicted octanol–water partition coefficient (Wildman–Crippen LogP) is 5.17. The van der Waals surface area contributed by atoms with Gasteiger partial charge in [0.1, 0.15) is 17.4 Å². The number of aryl methyl sites for hydroxylation is 1. The summed E-state index contributed by atoms with van der Waals surface area (Å²) in [7, 11) is 0. The number of hydrogen-bond acceptors (Lipinski definition) is 4. The lowest BCUT2D eigenvalue weighted by Gasteiger charge is -2.10. The molecule has 1 aliphatic rings. The lowest BCUT2D eigenvalue weighted by atomic mass is 10.1. The van der Waals surface area contributed by atoms with Gasteiger partial charge in [-0.25, -0.2) is 0 Å². The number of aromatic amines is 1. The highest BCUT2D eigenvalue weighted by Crippen LogP contribution is 2.32. The van der Waals surface area contributed by atoms with Crippen molar-refractivity contribution in [2.75, 3.05) is 5.32 Å². The van der Waals surface area contributed by atoms with Crippen molar-refractivity contribution in [3.63, 3.8) is 0 Å². The van der Waals surface area contributed by atoms with Gasteiger partial charge in [0.25, 0.3) is 0 Å². The normalized spacial score (nSPS) is 12.6. The largest absolute Gasteiger partial charge is 0.487 e. The van der Waals surface area contributed by atoms with E-state index >= 15 is 0 Å². The highest BCUT2D eigenvalue weighted by atomic mass is 35.5. The summed E-state index contributed by atoms with van der Waals surface area (Å²) in [6.07, 6.45) is 0.803. The molecule has 0 saturated carbocycles. The van der Waals surface area contributed by atoms with Crippen LogP contribution in [-0.4, -0.2) is 20.0 Å². The molecule has 5 rings (SSSR count). The third kappa shape index (κ3) is 3.36. The number of nitrogens with zero attached hydrogens (tertiary/aromatic N) is 3. The quantitative estimate of drug-likeness (QED) is 0.491. The van der Waals surface area contributed by atoms with Crippen LogP contribution in [0.4, 0.5) is 11.5 Å². The molecule has 0 unspecified atom stereocenters. The van der Waals surface area contributed by atoms with Crippen molar-refractivity contribution >= 4 is 23.1 Å². The second-order valence-electron chi connectivity index (χ2n) is 7.00. The number of aromatic nitrogens is 4. The number of H-pyrrole nitrogens is 1. The Labute approximate surface area is 173 Å². The zero-order valence-corrected chi connectivity index (χ0v) is 16.7. The summed E-state index contributed by atoms with van der Waals surface area (Å²) in [6, 6.07) is 18.3. The van der Waals surface area contributed by atoms with Crippen LogP contribution in [0.5, 0.6) is 5.75 Å². The number of benzene rings is 2. The van der Waals surface area contributed by atoms with Gasteiger partial charge in [-0.1, -0.05) is 54.9 Å². The van der Waals surface area contributed by atoms with Gasteiger partial charge in [0.05, 0.1) is 23.6 Å². The number of nitrogens with one attached hydrogen (secondary N) is 2. The zero-order valence-electron chi connectivity index (χ0n) is 15.9. The Morgan fingerprint density at radius 2 is 2.03 bits per heavy atom. The summed E-state index contributed by atoms with van der Waals surface area (Å²) in [4.78, 5) is 0. The third-order valence-electron chi connectivity index (χ3n) is 5.09. The standard InChI is InChI=1S/C22H20ClN5O/c1-2-18-21(23)22(26-25-18)24-16-9-8-15-12-28-17(13-29-20(15)10-16)11-19(27-28)14-6-4-3-5-7-14/h3-11H,2,12-13H2,1H3,(H2,24,25,26). The zero-order chi connectivity index (χ0) is 19.8. The molecular weight excluding hydrogens is 386 g/mol. The maximum Gasteiger partial charge on any atom is 0.171 e. The number of rotatable bonds is 4. The summed E-state index contributed by atoms with van der Waals surface area (Å²) in [5.74, 6) is 1.46. The van der Waals surface area contributed by atoms with Crippen LogP contribution in [0, 0.1) is 0 Å². The molecular formula is C22H20ClN5O. The van der Waals surface area contributed by atoms with E-state index in [9.17, 15) is 0 Å². The SMILES string of the molecule is CCc1[nH]nc(Nc2ccc3c(c2)OCc2cc(-c4ccccc4)nn2C3)c1Cl. The number of anilines is 2. The lowest BCUT2D eigenvalue weighted by Crippen LogP contribution is -2.04. The molecule has 2 N–H and O–H groups in total. The Morgan fingerprint density at radius 3 is 2.83 bits per heavy atom. The van der Waals surface area contributed by atoms with Crippen LogP contribution < -0.4 is 10.1 Å². The number of halogens is 1. The molecule has 0 bridgehead atoms. The van der Waals surface area contributed by atoms with E-state index in [-0.39, 0.29) is 0 Å². The van der Waals surface area contributed by atoms with Crippen molar-refractivity contribution in [1.29, 1.82) is 0 Å². The van der Waals surface area contributed by atoms with E-state index in [1.54, 1.807) is 0 Å². The summed E-state index contributed by atoms with van der Waals surface area (Å²) in [5, 5.41) is 15.9. The van der Waals surface area contributed by atoms with E-state index in [0.717, 1.165) is 46.1 Å². The minimum Gasteiger partial charge on any atom is -0.487 e. The molecule has 0 saturated heterocycles. The van der Waals surface area contributed by atoms with Crippen LogP contribution >= 0.6 is 11.6 Å². The van der Waals surface area contributed by atoms with Gasteiger partial charge in [-0.15, -0.1) is 0 Å². The first-order valence-electron chi connectivity index (χ1n) is 9.59. The van der Waals surface area contributed by atoms with Crippen molar-refractivity contribution in [2.45, 2.75) is 26.5 Å². The minimum atomic E-state index is 0.472. The van der Waals surface area contributed by atoms with Crippen molar-refractivity contribution in [3.05, 3.63) is 76.6 Å². The molecule has 6 nitrogen and oxygen atoms in total. The Balaban J connectivity index is 1.40. The van der Waals surface area contributed by atoms with Gasteiger partial charge in [0.15, 0.2) is 5.82 Å². The summed E-state index contributed by atoms with van der Waals surface area (Å²) >= 11 is 6.36. The van der Waals surface area contributed by atoms with E-state index in [1.165, 1.54) is 0 Å². The summed E-state index contributed by atoms with van der Waals surface area (Å²) in [5.41, 5.74) is 6.00. The first-order chi connectivity index (χ1) is 14.2. The maximum absolute atomic E-state index is 6.36. The molecule has 146 valence electrons. The van der Waals surface area contributed by atoms with E-state index in [4.69, 9.17) is 21.4 Å². The number of hydrogen-bond donors (Lipinski definition) is 2. The molecule has 0 radical (unpaired) electrons. The first-order valence-corrected chi connectivity index (χ1v) is 9.96. The molecule has 0 atom stereocenters. The molecule has 0 spiro atoms. The van der Waals surface area contributed by atoms with Gasteiger partial charge in [0, 0.05) is 22.9 Å². The topological polar surface area (TPSA) is 67.8 Å². The molecule has 0 fully saturated rings. The molecule has 0 aliphatic carbocycles. The highest BCUT2D eigenvalue weighted by Gasteiger charge is 2.18. The van der Waals surface area contributed by atoms with Crippen LogP contribution in [0.1, 0.15) is 23.9 Å². The monoisotopic (exact) mass is 405 g/mol. The Bertz CT molecular complexity index is 1170. The average molecular weight is 406 g/mol. The van der Waals surface area contributed by atoms with E-state index in [0.29, 0.717) is 24.0 Å². The second kappa shape index (κ2) is 7.29. The molecule has 2 aromatic carbocycles. The smallest absolute Gasteiger partial charge is 0.171 e. The van der Waals surface area contributed by atoms with Gasteiger partial charge in [-0.3, -0.25) is 9.78 Å². The Hall–Kier alpha value is -3.25. The highest BCUT2D eigenvalue weighted by molar-refractivity contribution is 6.33. The fourth-order valence-corrected chi connectivity index (χ4v) is 3.75. The second-order valence-corrected chi connectivity index (χ2v) is 7.38. The number of fused-ring (bicyclic) bond motifs is 2. The molecule has 1 aliphatic heterocycles. The van der Waals surface area contributed by atoms with Gasteiger partial charge in [0.2, 0.25) is 0 Å². The van der Waals surface area contributed by atoms with Crippen molar-refractivity contribution in [1.82, 2.24) is 20.0 Å². The van der Waals surface area contributed by atoms with Crippen molar-refractivity contribution in [2.24, 2.45) is 0 Å². The van der Waals surface area contributed by atoms with Crippen molar-refractivity contribution in [3.8, 4) is 17.0 Å².